The maximum atomic E-state index is 12.5. The molecular formula is C68H127NO5. The summed E-state index contributed by atoms with van der Waals surface area (Å²) in [5.41, 5.74) is 0. The average molecular weight is 1040 g/mol. The van der Waals surface area contributed by atoms with E-state index in [9.17, 15) is 19.8 Å². The van der Waals surface area contributed by atoms with Crippen LogP contribution in [0.2, 0.25) is 0 Å². The van der Waals surface area contributed by atoms with Gasteiger partial charge >= 0.3 is 5.97 Å². The lowest BCUT2D eigenvalue weighted by molar-refractivity contribution is -0.143. The fourth-order valence-corrected chi connectivity index (χ4v) is 10.0. The Labute approximate surface area is 461 Å². The Morgan fingerprint density at radius 1 is 0.378 bits per heavy atom. The van der Waals surface area contributed by atoms with Gasteiger partial charge in [-0.2, -0.15) is 0 Å². The van der Waals surface area contributed by atoms with Crippen LogP contribution < -0.4 is 5.32 Å². The third-order valence-electron chi connectivity index (χ3n) is 15.1. The van der Waals surface area contributed by atoms with E-state index in [1.165, 1.54) is 257 Å². The zero-order valence-electron chi connectivity index (χ0n) is 49.6. The molecule has 434 valence electrons. The van der Waals surface area contributed by atoms with Crippen LogP contribution in [0.3, 0.4) is 0 Å². The molecule has 0 aliphatic heterocycles. The molecule has 0 saturated carbocycles. The molecule has 0 radical (unpaired) electrons. The highest BCUT2D eigenvalue weighted by Crippen LogP contribution is 2.18. The van der Waals surface area contributed by atoms with Crippen LogP contribution in [0.1, 0.15) is 348 Å². The van der Waals surface area contributed by atoms with Gasteiger partial charge in [-0.25, -0.2) is 0 Å². The monoisotopic (exact) mass is 1040 g/mol. The van der Waals surface area contributed by atoms with Crippen molar-refractivity contribution in [1.29, 1.82) is 0 Å². The number of allylic oxidation sites excluding steroid dienone is 8. The SMILES string of the molecule is CCCC/C=C\C/C=C\CCCCCCCC(=O)OCCCCCCCCCCC/C=C\C/C=C\CCCCCCCCCCCC(=O)NC(CO)C(O)CCCCCCCCCCCCCCCCCCCC. The summed E-state index contributed by atoms with van der Waals surface area (Å²) >= 11 is 0. The summed E-state index contributed by atoms with van der Waals surface area (Å²) in [6.07, 6.45) is 81.3. The zero-order valence-corrected chi connectivity index (χ0v) is 49.6. The van der Waals surface area contributed by atoms with Crippen molar-refractivity contribution >= 4 is 11.9 Å². The molecule has 0 saturated heterocycles. The van der Waals surface area contributed by atoms with E-state index in [1.54, 1.807) is 0 Å². The number of aliphatic hydroxyl groups is 2. The van der Waals surface area contributed by atoms with Crippen molar-refractivity contribution in [2.45, 2.75) is 360 Å². The van der Waals surface area contributed by atoms with E-state index in [4.69, 9.17) is 4.74 Å². The Morgan fingerprint density at radius 2 is 0.689 bits per heavy atom. The Kier molecular flexibility index (Phi) is 61.5. The third-order valence-corrected chi connectivity index (χ3v) is 15.1. The van der Waals surface area contributed by atoms with Gasteiger partial charge < -0.3 is 20.3 Å². The van der Waals surface area contributed by atoms with E-state index in [-0.39, 0.29) is 18.5 Å². The molecule has 0 aromatic carbocycles. The first-order valence-electron chi connectivity index (χ1n) is 32.9. The molecule has 0 rings (SSSR count). The van der Waals surface area contributed by atoms with Gasteiger partial charge in [-0.05, 0) is 83.5 Å². The molecule has 2 unspecified atom stereocenters. The van der Waals surface area contributed by atoms with Gasteiger partial charge in [-0.15, -0.1) is 0 Å². The first kappa shape index (κ1) is 71.8. The summed E-state index contributed by atoms with van der Waals surface area (Å²) in [7, 11) is 0. The molecular weight excluding hydrogens is 911 g/mol. The highest BCUT2D eigenvalue weighted by atomic mass is 16.5. The normalized spacial score (nSPS) is 12.9. The van der Waals surface area contributed by atoms with Gasteiger partial charge in [0.05, 0.1) is 25.4 Å². The molecule has 0 aromatic heterocycles. The van der Waals surface area contributed by atoms with E-state index in [1.807, 2.05) is 0 Å². The van der Waals surface area contributed by atoms with E-state index in [0.717, 1.165) is 57.8 Å². The molecule has 3 N–H and O–H groups in total. The van der Waals surface area contributed by atoms with Gasteiger partial charge in [0, 0.05) is 12.8 Å². The van der Waals surface area contributed by atoms with Gasteiger partial charge in [-0.3, -0.25) is 9.59 Å². The van der Waals surface area contributed by atoms with Crippen molar-refractivity contribution in [2.75, 3.05) is 13.2 Å². The quantitative estimate of drug-likeness (QED) is 0.0320. The van der Waals surface area contributed by atoms with E-state index < -0.39 is 12.1 Å². The van der Waals surface area contributed by atoms with Gasteiger partial charge in [0.2, 0.25) is 5.91 Å². The smallest absolute Gasteiger partial charge is 0.305 e. The average Bonchev–Trinajstić information content (AvgIpc) is 3.40. The zero-order chi connectivity index (χ0) is 53.6. The van der Waals surface area contributed by atoms with Crippen molar-refractivity contribution in [3.63, 3.8) is 0 Å². The maximum absolute atomic E-state index is 12.5. The molecule has 1 amide bonds. The lowest BCUT2D eigenvalue weighted by Crippen LogP contribution is -2.45. The van der Waals surface area contributed by atoms with Crippen LogP contribution in [0.4, 0.5) is 0 Å². The number of carbonyl (C=O) groups is 2. The summed E-state index contributed by atoms with van der Waals surface area (Å²) in [4.78, 5) is 24.6. The van der Waals surface area contributed by atoms with Crippen LogP contribution in [-0.4, -0.2) is 47.4 Å². The highest BCUT2D eigenvalue weighted by Gasteiger charge is 2.20. The largest absolute Gasteiger partial charge is 0.466 e. The number of ether oxygens (including phenoxy) is 1. The van der Waals surface area contributed by atoms with Crippen molar-refractivity contribution < 1.29 is 24.5 Å². The molecule has 6 heteroatoms. The molecule has 0 heterocycles. The topological polar surface area (TPSA) is 95.9 Å². The number of carbonyl (C=O) groups excluding carboxylic acids is 2. The minimum Gasteiger partial charge on any atom is -0.466 e. The maximum Gasteiger partial charge on any atom is 0.305 e. The minimum atomic E-state index is -0.670. The Hall–Kier alpha value is -2.18. The van der Waals surface area contributed by atoms with Gasteiger partial charge in [0.1, 0.15) is 0 Å². The second kappa shape index (κ2) is 63.4. The molecule has 2 atom stereocenters. The van der Waals surface area contributed by atoms with Gasteiger partial charge in [-0.1, -0.05) is 300 Å². The van der Waals surface area contributed by atoms with Crippen LogP contribution >= 0.6 is 0 Å². The number of unbranched alkanes of at least 4 members (excludes halogenated alkanes) is 42. The van der Waals surface area contributed by atoms with E-state index in [0.29, 0.717) is 25.9 Å². The van der Waals surface area contributed by atoms with Crippen molar-refractivity contribution in [1.82, 2.24) is 5.32 Å². The Bertz CT molecular complexity index is 1240. The van der Waals surface area contributed by atoms with Crippen molar-refractivity contribution in [3.05, 3.63) is 48.6 Å². The molecule has 0 fully saturated rings. The number of amides is 1. The van der Waals surface area contributed by atoms with E-state index in [2.05, 4.69) is 67.8 Å². The van der Waals surface area contributed by atoms with Crippen LogP contribution in [-0.2, 0) is 14.3 Å². The fraction of sp³-hybridized carbons (Fsp3) is 0.853. The molecule has 0 aliphatic carbocycles. The summed E-state index contributed by atoms with van der Waals surface area (Å²) in [6, 6.07) is -0.547. The first-order chi connectivity index (χ1) is 36.5. The van der Waals surface area contributed by atoms with Crippen LogP contribution in [0.25, 0.3) is 0 Å². The second-order valence-corrected chi connectivity index (χ2v) is 22.4. The minimum absolute atomic E-state index is 0.00569. The first-order valence-corrected chi connectivity index (χ1v) is 32.9. The molecule has 6 nitrogen and oxygen atoms in total. The molecule has 0 spiro atoms. The van der Waals surface area contributed by atoms with Crippen molar-refractivity contribution in [3.8, 4) is 0 Å². The molecule has 74 heavy (non-hydrogen) atoms. The lowest BCUT2D eigenvalue weighted by atomic mass is 10.0. The summed E-state index contributed by atoms with van der Waals surface area (Å²) in [5, 5.41) is 23.4. The lowest BCUT2D eigenvalue weighted by Gasteiger charge is -2.22. The van der Waals surface area contributed by atoms with Crippen LogP contribution in [0.15, 0.2) is 48.6 Å². The van der Waals surface area contributed by atoms with Gasteiger partial charge in [0.15, 0.2) is 0 Å². The number of hydrogen-bond donors (Lipinski definition) is 3. The number of esters is 1. The molecule has 0 aliphatic rings. The number of rotatable bonds is 61. The Balaban J connectivity index is 3.44. The van der Waals surface area contributed by atoms with Crippen molar-refractivity contribution in [2.24, 2.45) is 0 Å². The standard InChI is InChI=1S/C68H127NO5/c1-3-5-7-9-11-13-15-17-19-20-30-33-36-40-44-48-52-56-60-66(71)65(64-70)69-67(72)61-57-53-49-45-41-37-34-31-28-26-24-22-21-23-25-27-29-32-35-39-43-47-51-55-59-63-74-68(73)62-58-54-50-46-42-38-18-16-14-12-10-8-6-4-2/h10,12,16,18,22-25,65-66,70-71H,3-9,11,13-15,17,19-21,26-64H2,1-2H3,(H,69,72)/b12-10-,18-16-,24-22-,25-23-. The summed E-state index contributed by atoms with van der Waals surface area (Å²) in [5.74, 6) is -0.0447. The van der Waals surface area contributed by atoms with Gasteiger partial charge in [0.25, 0.3) is 0 Å². The fourth-order valence-electron chi connectivity index (χ4n) is 10.0. The van der Waals surface area contributed by atoms with E-state index >= 15 is 0 Å². The van der Waals surface area contributed by atoms with Crippen LogP contribution in [0.5, 0.6) is 0 Å². The molecule has 0 aromatic rings. The Morgan fingerprint density at radius 3 is 1.07 bits per heavy atom. The number of aliphatic hydroxyl groups excluding tert-OH is 2. The second-order valence-electron chi connectivity index (χ2n) is 22.4. The molecule has 0 bridgehead atoms. The van der Waals surface area contributed by atoms with Crippen LogP contribution in [0, 0.1) is 0 Å². The number of nitrogens with one attached hydrogen (secondary N) is 1. The summed E-state index contributed by atoms with van der Waals surface area (Å²) < 4.78 is 5.47. The third kappa shape index (κ3) is 59.1. The highest BCUT2D eigenvalue weighted by molar-refractivity contribution is 5.76. The summed E-state index contributed by atoms with van der Waals surface area (Å²) in [6.45, 7) is 4.92. The number of hydrogen-bond acceptors (Lipinski definition) is 5. The predicted molar refractivity (Wildman–Crippen MR) is 324 cm³/mol. The predicted octanol–water partition coefficient (Wildman–Crippen LogP) is 20.9.